The van der Waals surface area contributed by atoms with Crippen LogP contribution in [0, 0.1) is 13.8 Å². The van der Waals surface area contributed by atoms with E-state index >= 15 is 0 Å². The molecular weight excluding hydrogens is 306 g/mol. The topological polar surface area (TPSA) is 29.5 Å². The van der Waals surface area contributed by atoms with Crippen molar-refractivity contribution < 1.29 is 9.53 Å². The molecule has 1 rings (SSSR count). The number of aryl methyl sites for hydroxylation is 2. The molecule has 0 unspecified atom stereocenters. The highest BCUT2D eigenvalue weighted by atomic mass is 79.9. The predicted octanol–water partition coefficient (Wildman–Crippen LogP) is 3.84. The van der Waals surface area contributed by atoms with Crippen molar-refractivity contribution in [3.05, 3.63) is 27.7 Å². The highest BCUT2D eigenvalue weighted by Crippen LogP contribution is 2.30. The van der Waals surface area contributed by atoms with E-state index in [2.05, 4.69) is 28.1 Å². The van der Waals surface area contributed by atoms with Gasteiger partial charge in [0.25, 0.3) is 0 Å². The summed E-state index contributed by atoms with van der Waals surface area (Å²) in [5.74, 6) is -0.212. The fraction of sp³-hybridized carbons (Fsp3) is 0.533. The van der Waals surface area contributed by atoms with Crippen molar-refractivity contribution in [1.82, 2.24) is 0 Å². The standard InChI is InChI=1S/C15H22BrNO2/c1-7-19-14(18)15(4,5)17(6)12-8-10(2)13(16)11(3)9-12/h8-9H,7H2,1-6H3. The number of nitrogens with zero attached hydrogens (tertiary/aromatic N) is 1. The molecule has 0 fully saturated rings. The van der Waals surface area contributed by atoms with E-state index in [0.717, 1.165) is 21.3 Å². The molecule has 0 aromatic heterocycles. The number of esters is 1. The smallest absolute Gasteiger partial charge is 0.331 e. The second-order valence-electron chi connectivity index (χ2n) is 5.23. The summed E-state index contributed by atoms with van der Waals surface area (Å²) in [6.07, 6.45) is 0. The van der Waals surface area contributed by atoms with Crippen molar-refractivity contribution in [2.24, 2.45) is 0 Å². The monoisotopic (exact) mass is 327 g/mol. The van der Waals surface area contributed by atoms with Crippen LogP contribution in [0.25, 0.3) is 0 Å². The lowest BCUT2D eigenvalue weighted by Gasteiger charge is -2.35. The van der Waals surface area contributed by atoms with E-state index in [9.17, 15) is 4.79 Å². The number of likely N-dealkylation sites (N-methyl/N-ethyl adjacent to an activating group) is 1. The van der Waals surface area contributed by atoms with Gasteiger partial charge in [0.1, 0.15) is 5.54 Å². The second-order valence-corrected chi connectivity index (χ2v) is 6.03. The van der Waals surface area contributed by atoms with Gasteiger partial charge in [0.2, 0.25) is 0 Å². The molecule has 0 N–H and O–H groups in total. The Labute approximate surface area is 124 Å². The van der Waals surface area contributed by atoms with Gasteiger partial charge < -0.3 is 9.64 Å². The average Bonchev–Trinajstić information content (AvgIpc) is 2.34. The molecule has 0 heterocycles. The summed E-state index contributed by atoms with van der Waals surface area (Å²) in [6.45, 7) is 10.1. The molecule has 0 aliphatic carbocycles. The molecule has 0 radical (unpaired) electrons. The van der Waals surface area contributed by atoms with Gasteiger partial charge in [-0.3, -0.25) is 0 Å². The third-order valence-corrected chi connectivity index (χ3v) is 4.67. The van der Waals surface area contributed by atoms with Gasteiger partial charge in [-0.2, -0.15) is 0 Å². The fourth-order valence-corrected chi connectivity index (χ4v) is 2.11. The minimum absolute atomic E-state index is 0.212. The van der Waals surface area contributed by atoms with Crippen LogP contribution in [0.5, 0.6) is 0 Å². The highest BCUT2D eigenvalue weighted by molar-refractivity contribution is 9.10. The first-order chi connectivity index (χ1) is 8.71. The molecule has 106 valence electrons. The Hall–Kier alpha value is -1.03. The normalized spacial score (nSPS) is 11.3. The van der Waals surface area contributed by atoms with E-state index in [-0.39, 0.29) is 5.97 Å². The lowest BCUT2D eigenvalue weighted by molar-refractivity contribution is -0.148. The van der Waals surface area contributed by atoms with Crippen molar-refractivity contribution in [2.75, 3.05) is 18.6 Å². The lowest BCUT2D eigenvalue weighted by atomic mass is 10.0. The van der Waals surface area contributed by atoms with Crippen LogP contribution in [0.1, 0.15) is 31.9 Å². The van der Waals surface area contributed by atoms with Gasteiger partial charge in [0.05, 0.1) is 6.61 Å². The van der Waals surface area contributed by atoms with Crippen LogP contribution in [-0.2, 0) is 9.53 Å². The minimum Gasteiger partial charge on any atom is -0.464 e. The van der Waals surface area contributed by atoms with Crippen LogP contribution in [0.15, 0.2) is 16.6 Å². The van der Waals surface area contributed by atoms with E-state index in [0.29, 0.717) is 6.61 Å². The largest absolute Gasteiger partial charge is 0.464 e. The van der Waals surface area contributed by atoms with E-state index in [1.165, 1.54) is 0 Å². The maximum atomic E-state index is 12.0. The fourth-order valence-electron chi connectivity index (χ4n) is 1.88. The summed E-state index contributed by atoms with van der Waals surface area (Å²) in [5, 5.41) is 0. The minimum atomic E-state index is -0.692. The Bertz CT molecular complexity index is 460. The molecule has 0 aliphatic heterocycles. The zero-order valence-electron chi connectivity index (χ0n) is 12.5. The summed E-state index contributed by atoms with van der Waals surface area (Å²) in [5.41, 5.74) is 2.63. The summed E-state index contributed by atoms with van der Waals surface area (Å²) in [7, 11) is 1.92. The third kappa shape index (κ3) is 3.30. The van der Waals surface area contributed by atoms with Gasteiger partial charge in [0.15, 0.2) is 0 Å². The van der Waals surface area contributed by atoms with Gasteiger partial charge in [-0.1, -0.05) is 15.9 Å². The first-order valence-electron chi connectivity index (χ1n) is 6.39. The maximum Gasteiger partial charge on any atom is 0.331 e. The van der Waals surface area contributed by atoms with Crippen LogP contribution in [0.3, 0.4) is 0 Å². The SMILES string of the molecule is CCOC(=O)C(C)(C)N(C)c1cc(C)c(Br)c(C)c1. The summed E-state index contributed by atoms with van der Waals surface area (Å²) in [6, 6.07) is 4.14. The van der Waals surface area contributed by atoms with Crippen LogP contribution < -0.4 is 4.90 Å². The Balaban J connectivity index is 3.12. The number of carbonyl (C=O) groups excluding carboxylic acids is 1. The molecule has 0 aliphatic rings. The zero-order chi connectivity index (χ0) is 14.8. The highest BCUT2D eigenvalue weighted by Gasteiger charge is 2.34. The third-order valence-electron chi connectivity index (χ3n) is 3.42. The molecule has 4 heteroatoms. The zero-order valence-corrected chi connectivity index (χ0v) is 14.1. The molecule has 0 saturated carbocycles. The number of ether oxygens (including phenoxy) is 1. The van der Waals surface area contributed by atoms with Crippen molar-refractivity contribution >= 4 is 27.6 Å². The van der Waals surface area contributed by atoms with Gasteiger partial charge >= 0.3 is 5.97 Å². The second kappa shape index (κ2) is 5.95. The van der Waals surface area contributed by atoms with E-state index in [1.54, 1.807) is 0 Å². The predicted molar refractivity (Wildman–Crippen MR) is 82.7 cm³/mol. The summed E-state index contributed by atoms with van der Waals surface area (Å²) >= 11 is 3.56. The average molecular weight is 328 g/mol. The van der Waals surface area contributed by atoms with Gasteiger partial charge in [0, 0.05) is 17.2 Å². The molecule has 1 aromatic rings. The van der Waals surface area contributed by atoms with Crippen molar-refractivity contribution in [2.45, 2.75) is 40.2 Å². The van der Waals surface area contributed by atoms with Crippen LogP contribution in [0.4, 0.5) is 5.69 Å². The van der Waals surface area contributed by atoms with E-state index < -0.39 is 5.54 Å². The molecule has 0 bridgehead atoms. The summed E-state index contributed by atoms with van der Waals surface area (Å²) < 4.78 is 6.25. The Morgan fingerprint density at radius 1 is 1.32 bits per heavy atom. The number of benzene rings is 1. The Kier molecular flexibility index (Phi) is 5.02. The number of anilines is 1. The number of carbonyl (C=O) groups is 1. The van der Waals surface area contributed by atoms with Gasteiger partial charge in [-0.15, -0.1) is 0 Å². The number of rotatable bonds is 4. The summed E-state index contributed by atoms with van der Waals surface area (Å²) in [4.78, 5) is 14.0. The number of hydrogen-bond donors (Lipinski definition) is 0. The van der Waals surface area contributed by atoms with E-state index in [1.807, 2.05) is 46.6 Å². The van der Waals surface area contributed by atoms with Crippen LogP contribution >= 0.6 is 15.9 Å². The lowest BCUT2D eigenvalue weighted by Crippen LogP contribution is -2.49. The number of halogens is 1. The first-order valence-corrected chi connectivity index (χ1v) is 7.19. The first kappa shape index (κ1) is 16.0. The van der Waals surface area contributed by atoms with Gasteiger partial charge in [-0.05, 0) is 57.9 Å². The van der Waals surface area contributed by atoms with Crippen LogP contribution in [0.2, 0.25) is 0 Å². The molecule has 0 atom stereocenters. The van der Waals surface area contributed by atoms with Gasteiger partial charge in [-0.25, -0.2) is 4.79 Å². The Morgan fingerprint density at radius 2 is 1.79 bits per heavy atom. The maximum absolute atomic E-state index is 12.0. The Morgan fingerprint density at radius 3 is 2.21 bits per heavy atom. The quantitative estimate of drug-likeness (QED) is 0.787. The molecular formula is C15H22BrNO2. The van der Waals surface area contributed by atoms with Crippen molar-refractivity contribution in [3.8, 4) is 0 Å². The molecule has 0 saturated heterocycles. The molecule has 3 nitrogen and oxygen atoms in total. The molecule has 19 heavy (non-hydrogen) atoms. The molecule has 1 aromatic carbocycles. The number of hydrogen-bond acceptors (Lipinski definition) is 3. The van der Waals surface area contributed by atoms with Crippen molar-refractivity contribution in [3.63, 3.8) is 0 Å². The van der Waals surface area contributed by atoms with Crippen LogP contribution in [-0.4, -0.2) is 25.2 Å². The van der Waals surface area contributed by atoms with E-state index in [4.69, 9.17) is 4.74 Å². The molecule has 0 spiro atoms. The molecule has 0 amide bonds. The van der Waals surface area contributed by atoms with Crippen molar-refractivity contribution in [1.29, 1.82) is 0 Å².